The van der Waals surface area contributed by atoms with Crippen LogP contribution in [-0.4, -0.2) is 43.6 Å². The van der Waals surface area contributed by atoms with Crippen molar-refractivity contribution < 1.29 is 8.42 Å². The van der Waals surface area contributed by atoms with Crippen LogP contribution >= 0.6 is 11.6 Å². The summed E-state index contributed by atoms with van der Waals surface area (Å²) < 4.78 is 27.3. The van der Waals surface area contributed by atoms with E-state index in [1.165, 1.54) is 16.4 Å². The lowest BCUT2D eigenvalue weighted by atomic mass is 10.2. The number of halogens is 1. The number of nitrogens with one attached hydrogen (secondary N) is 1. The second-order valence-electron chi connectivity index (χ2n) is 5.86. The fourth-order valence-electron chi connectivity index (χ4n) is 3.11. The van der Waals surface area contributed by atoms with E-state index in [0.29, 0.717) is 11.0 Å². The third-order valence-corrected chi connectivity index (χ3v) is 6.52. The number of imidazole rings is 1. The number of hydrogen-bond acceptors (Lipinski definition) is 5. The largest absolute Gasteiger partial charge is 0.367 e. The average molecular weight is 377 g/mol. The fourth-order valence-corrected chi connectivity index (χ4v) is 4.90. The molecule has 0 aliphatic carbocycles. The second kappa shape index (κ2) is 6.33. The standard InChI is InChI=1S/C17H17ClN4O2S/c18-13-4-1-2-7-16(13)25(23,24)22-12-20-17-14(5-3-6-15(17)22)21-10-8-19-9-11-21/h1-7,12,19H,8-11H2. The van der Waals surface area contributed by atoms with Crippen molar-refractivity contribution in [3.8, 4) is 0 Å². The highest BCUT2D eigenvalue weighted by Crippen LogP contribution is 2.30. The van der Waals surface area contributed by atoms with Crippen LogP contribution in [0.1, 0.15) is 0 Å². The number of hydrogen-bond donors (Lipinski definition) is 1. The van der Waals surface area contributed by atoms with E-state index < -0.39 is 10.0 Å². The highest BCUT2D eigenvalue weighted by Gasteiger charge is 2.24. The number of para-hydroxylation sites is 1. The first kappa shape index (κ1) is 16.4. The molecular weight excluding hydrogens is 360 g/mol. The summed E-state index contributed by atoms with van der Waals surface area (Å²) in [6.07, 6.45) is 1.36. The molecule has 1 N–H and O–H groups in total. The third-order valence-electron chi connectivity index (χ3n) is 4.35. The summed E-state index contributed by atoms with van der Waals surface area (Å²) >= 11 is 6.10. The van der Waals surface area contributed by atoms with Gasteiger partial charge in [0.1, 0.15) is 16.7 Å². The van der Waals surface area contributed by atoms with Crippen molar-refractivity contribution in [3.05, 3.63) is 53.8 Å². The van der Waals surface area contributed by atoms with Crippen LogP contribution in [0, 0.1) is 0 Å². The average Bonchev–Trinajstić information content (AvgIpc) is 3.07. The molecule has 0 radical (unpaired) electrons. The Labute approximate surface area is 151 Å². The number of fused-ring (bicyclic) bond motifs is 1. The minimum absolute atomic E-state index is 0.0727. The van der Waals surface area contributed by atoms with Gasteiger partial charge in [-0.25, -0.2) is 17.4 Å². The Morgan fingerprint density at radius 2 is 1.80 bits per heavy atom. The molecule has 6 nitrogen and oxygen atoms in total. The predicted octanol–water partition coefficient (Wildman–Crippen LogP) is 2.34. The molecular formula is C17H17ClN4O2S. The van der Waals surface area contributed by atoms with E-state index in [1.54, 1.807) is 24.3 Å². The smallest absolute Gasteiger partial charge is 0.270 e. The highest BCUT2D eigenvalue weighted by molar-refractivity contribution is 7.90. The summed E-state index contributed by atoms with van der Waals surface area (Å²) in [6.45, 7) is 3.52. The molecule has 0 atom stereocenters. The molecule has 130 valence electrons. The Bertz CT molecular complexity index is 1030. The van der Waals surface area contributed by atoms with Gasteiger partial charge in [0.2, 0.25) is 0 Å². The lowest BCUT2D eigenvalue weighted by molar-refractivity contribution is 0.588. The molecule has 0 amide bonds. The SMILES string of the molecule is O=S(=O)(c1ccccc1Cl)n1cnc2c(N3CCNCC3)cccc21. The molecule has 2 aromatic carbocycles. The monoisotopic (exact) mass is 376 g/mol. The molecule has 2 heterocycles. The number of rotatable bonds is 3. The van der Waals surface area contributed by atoms with Crippen LogP contribution in [0.15, 0.2) is 53.7 Å². The number of aromatic nitrogens is 2. The Hall–Kier alpha value is -2.09. The highest BCUT2D eigenvalue weighted by atomic mass is 35.5. The van der Waals surface area contributed by atoms with E-state index in [1.807, 2.05) is 12.1 Å². The van der Waals surface area contributed by atoms with E-state index in [0.717, 1.165) is 31.9 Å². The first-order chi connectivity index (χ1) is 12.1. The van der Waals surface area contributed by atoms with Gasteiger partial charge in [-0.05, 0) is 24.3 Å². The van der Waals surface area contributed by atoms with Gasteiger partial charge in [0.05, 0.1) is 16.2 Å². The van der Waals surface area contributed by atoms with Gasteiger partial charge < -0.3 is 10.2 Å². The Balaban J connectivity index is 1.86. The number of nitrogens with zero attached hydrogens (tertiary/aromatic N) is 3. The fraction of sp³-hybridized carbons (Fsp3) is 0.235. The zero-order valence-corrected chi connectivity index (χ0v) is 15.0. The first-order valence-electron chi connectivity index (χ1n) is 8.01. The summed E-state index contributed by atoms with van der Waals surface area (Å²) in [5.41, 5.74) is 2.18. The molecule has 1 aliphatic rings. The molecule has 1 fully saturated rings. The van der Waals surface area contributed by atoms with Crippen LogP contribution < -0.4 is 10.2 Å². The van der Waals surface area contributed by atoms with Gasteiger partial charge in [-0.15, -0.1) is 0 Å². The quantitative estimate of drug-likeness (QED) is 0.760. The van der Waals surface area contributed by atoms with Gasteiger partial charge in [-0.3, -0.25) is 0 Å². The normalized spacial score (nSPS) is 15.6. The Morgan fingerprint density at radius 1 is 1.04 bits per heavy atom. The topological polar surface area (TPSA) is 67.2 Å². The maximum absolute atomic E-state index is 13.0. The van der Waals surface area contributed by atoms with Gasteiger partial charge in [0.25, 0.3) is 10.0 Å². The van der Waals surface area contributed by atoms with Crippen molar-refractivity contribution in [1.82, 2.24) is 14.3 Å². The van der Waals surface area contributed by atoms with Crippen LogP contribution in [0.4, 0.5) is 5.69 Å². The maximum Gasteiger partial charge on any atom is 0.270 e. The Morgan fingerprint density at radius 3 is 2.56 bits per heavy atom. The van der Waals surface area contributed by atoms with Crippen molar-refractivity contribution in [1.29, 1.82) is 0 Å². The molecule has 25 heavy (non-hydrogen) atoms. The minimum atomic E-state index is -3.81. The third kappa shape index (κ3) is 2.78. The summed E-state index contributed by atoms with van der Waals surface area (Å²) in [6, 6.07) is 12.0. The summed E-state index contributed by atoms with van der Waals surface area (Å²) in [5.74, 6) is 0. The van der Waals surface area contributed by atoms with Crippen molar-refractivity contribution in [2.45, 2.75) is 4.90 Å². The van der Waals surface area contributed by atoms with Gasteiger partial charge in [0.15, 0.2) is 0 Å². The van der Waals surface area contributed by atoms with Crippen molar-refractivity contribution in [2.24, 2.45) is 0 Å². The van der Waals surface area contributed by atoms with Gasteiger partial charge in [-0.1, -0.05) is 29.8 Å². The second-order valence-corrected chi connectivity index (χ2v) is 8.05. The molecule has 1 aromatic heterocycles. The molecule has 0 unspecified atom stereocenters. The van der Waals surface area contributed by atoms with E-state index >= 15 is 0 Å². The zero-order chi connectivity index (χ0) is 17.4. The van der Waals surface area contributed by atoms with Gasteiger partial charge in [-0.2, -0.15) is 0 Å². The van der Waals surface area contributed by atoms with E-state index in [4.69, 9.17) is 11.6 Å². The zero-order valence-electron chi connectivity index (χ0n) is 13.4. The Kier molecular flexibility index (Phi) is 4.15. The van der Waals surface area contributed by atoms with Gasteiger partial charge >= 0.3 is 0 Å². The number of anilines is 1. The summed E-state index contributed by atoms with van der Waals surface area (Å²) in [7, 11) is -3.81. The first-order valence-corrected chi connectivity index (χ1v) is 9.83. The van der Waals surface area contributed by atoms with Crippen LogP contribution in [0.3, 0.4) is 0 Å². The van der Waals surface area contributed by atoms with E-state index in [9.17, 15) is 8.42 Å². The van der Waals surface area contributed by atoms with Crippen molar-refractivity contribution in [2.75, 3.05) is 31.1 Å². The predicted molar refractivity (Wildman–Crippen MR) is 98.9 cm³/mol. The number of benzene rings is 2. The van der Waals surface area contributed by atoms with Gasteiger partial charge in [0, 0.05) is 26.2 Å². The van der Waals surface area contributed by atoms with Crippen molar-refractivity contribution in [3.63, 3.8) is 0 Å². The molecule has 1 aliphatic heterocycles. The summed E-state index contributed by atoms with van der Waals surface area (Å²) in [4.78, 5) is 6.69. The number of piperazine rings is 1. The van der Waals surface area contributed by atoms with E-state index in [-0.39, 0.29) is 9.92 Å². The molecule has 4 rings (SSSR count). The van der Waals surface area contributed by atoms with E-state index in [2.05, 4.69) is 15.2 Å². The molecule has 0 saturated carbocycles. The minimum Gasteiger partial charge on any atom is -0.367 e. The lowest BCUT2D eigenvalue weighted by Crippen LogP contribution is -2.43. The molecule has 1 saturated heterocycles. The molecule has 3 aromatic rings. The lowest BCUT2D eigenvalue weighted by Gasteiger charge is -2.29. The molecule has 8 heteroatoms. The van der Waals surface area contributed by atoms with Crippen LogP contribution in [-0.2, 0) is 10.0 Å². The molecule has 0 bridgehead atoms. The van der Waals surface area contributed by atoms with Crippen LogP contribution in [0.25, 0.3) is 11.0 Å². The summed E-state index contributed by atoms with van der Waals surface area (Å²) in [5, 5.41) is 3.51. The maximum atomic E-state index is 13.0. The van der Waals surface area contributed by atoms with Crippen LogP contribution in [0.2, 0.25) is 5.02 Å². The van der Waals surface area contributed by atoms with Crippen molar-refractivity contribution >= 4 is 38.3 Å². The molecule has 0 spiro atoms. The van der Waals surface area contributed by atoms with Crippen LogP contribution in [0.5, 0.6) is 0 Å².